The van der Waals surface area contributed by atoms with E-state index < -0.39 is 0 Å². The maximum atomic E-state index is 12.4. The van der Waals surface area contributed by atoms with Crippen molar-refractivity contribution in [3.05, 3.63) is 33.8 Å². The summed E-state index contributed by atoms with van der Waals surface area (Å²) in [7, 11) is 0. The number of carbonyl (C=O) groups is 2. The topological polar surface area (TPSA) is 61.4 Å². The molecule has 0 radical (unpaired) electrons. The number of halogens is 2. The standard InChI is InChI=1S/C16H19Cl2N3O2S/c17-11-1-2-12(13(18)6-11)15(22)20-8-10-5-14(19-7-10)16(23)21-3-4-24-9-21/h1-2,6,10,14,19H,3-5,7-9H2,(H,20,22). The van der Waals surface area contributed by atoms with Gasteiger partial charge < -0.3 is 15.5 Å². The van der Waals surface area contributed by atoms with E-state index in [1.807, 2.05) is 4.90 Å². The Balaban J connectivity index is 1.49. The molecule has 130 valence electrons. The van der Waals surface area contributed by atoms with Gasteiger partial charge in [-0.05, 0) is 30.5 Å². The molecule has 8 heteroatoms. The molecule has 2 heterocycles. The normalized spacial score (nSPS) is 23.5. The average Bonchev–Trinajstić information content (AvgIpc) is 3.24. The van der Waals surface area contributed by atoms with E-state index in [-0.39, 0.29) is 23.8 Å². The highest BCUT2D eigenvalue weighted by Gasteiger charge is 2.33. The lowest BCUT2D eigenvalue weighted by atomic mass is 10.0. The Labute approximate surface area is 155 Å². The van der Waals surface area contributed by atoms with E-state index in [2.05, 4.69) is 10.6 Å². The van der Waals surface area contributed by atoms with Gasteiger partial charge in [-0.15, -0.1) is 11.8 Å². The number of nitrogens with zero attached hydrogens (tertiary/aromatic N) is 1. The first-order chi connectivity index (χ1) is 11.5. The molecule has 0 spiro atoms. The molecule has 1 aromatic rings. The molecule has 2 amide bonds. The third-order valence-corrected chi connectivity index (χ3v) is 5.82. The zero-order chi connectivity index (χ0) is 17.1. The van der Waals surface area contributed by atoms with Crippen LogP contribution in [0.2, 0.25) is 10.0 Å². The van der Waals surface area contributed by atoms with Crippen molar-refractivity contribution in [3.63, 3.8) is 0 Å². The minimum absolute atomic E-state index is 0.135. The average molecular weight is 388 g/mol. The van der Waals surface area contributed by atoms with Crippen LogP contribution in [0.15, 0.2) is 18.2 Å². The molecule has 0 bridgehead atoms. The van der Waals surface area contributed by atoms with Gasteiger partial charge in [0.2, 0.25) is 5.91 Å². The maximum Gasteiger partial charge on any atom is 0.252 e. The van der Waals surface area contributed by atoms with E-state index in [0.29, 0.717) is 22.2 Å². The molecule has 2 aliphatic rings. The molecule has 24 heavy (non-hydrogen) atoms. The molecule has 2 fully saturated rings. The Morgan fingerprint density at radius 2 is 2.21 bits per heavy atom. The number of hydrogen-bond donors (Lipinski definition) is 2. The van der Waals surface area contributed by atoms with Crippen LogP contribution in [0.3, 0.4) is 0 Å². The lowest BCUT2D eigenvalue weighted by Gasteiger charge is -2.19. The fourth-order valence-electron chi connectivity index (χ4n) is 2.97. The quantitative estimate of drug-likeness (QED) is 0.831. The smallest absolute Gasteiger partial charge is 0.252 e. The molecule has 2 atom stereocenters. The third-order valence-electron chi connectivity index (χ3n) is 4.31. The van der Waals surface area contributed by atoms with Crippen molar-refractivity contribution < 1.29 is 9.59 Å². The maximum absolute atomic E-state index is 12.4. The fourth-order valence-corrected chi connectivity index (χ4v) is 4.42. The summed E-state index contributed by atoms with van der Waals surface area (Å²) >= 11 is 13.7. The zero-order valence-corrected chi connectivity index (χ0v) is 15.4. The monoisotopic (exact) mass is 387 g/mol. The van der Waals surface area contributed by atoms with Crippen LogP contribution in [-0.2, 0) is 4.79 Å². The summed E-state index contributed by atoms with van der Waals surface area (Å²) in [5, 5.41) is 7.00. The van der Waals surface area contributed by atoms with E-state index in [1.165, 1.54) is 0 Å². The molecular weight excluding hydrogens is 369 g/mol. The minimum Gasteiger partial charge on any atom is -0.352 e. The number of hydrogen-bond acceptors (Lipinski definition) is 4. The Bertz CT molecular complexity index is 638. The van der Waals surface area contributed by atoms with Crippen LogP contribution in [-0.4, -0.2) is 54.0 Å². The first-order valence-electron chi connectivity index (χ1n) is 7.88. The number of nitrogens with one attached hydrogen (secondary N) is 2. The summed E-state index contributed by atoms with van der Waals surface area (Å²) in [6, 6.07) is 4.68. The second kappa shape index (κ2) is 7.95. The lowest BCUT2D eigenvalue weighted by molar-refractivity contribution is -0.131. The van der Waals surface area contributed by atoms with Gasteiger partial charge in [0.05, 0.1) is 22.5 Å². The van der Waals surface area contributed by atoms with Crippen molar-refractivity contribution in [2.75, 3.05) is 31.3 Å². The van der Waals surface area contributed by atoms with E-state index in [4.69, 9.17) is 23.2 Å². The summed E-state index contributed by atoms with van der Waals surface area (Å²) in [5.74, 6) is 1.99. The van der Waals surface area contributed by atoms with Crippen LogP contribution in [0.4, 0.5) is 0 Å². The van der Waals surface area contributed by atoms with Gasteiger partial charge in [-0.2, -0.15) is 0 Å². The van der Waals surface area contributed by atoms with Gasteiger partial charge >= 0.3 is 0 Å². The van der Waals surface area contributed by atoms with Gasteiger partial charge in [0.15, 0.2) is 0 Å². The predicted molar refractivity (Wildman–Crippen MR) is 97.7 cm³/mol. The predicted octanol–water partition coefficient (Wildman–Crippen LogP) is 2.23. The Kier molecular flexibility index (Phi) is 5.92. The van der Waals surface area contributed by atoms with Crippen molar-refractivity contribution in [1.82, 2.24) is 15.5 Å². The zero-order valence-electron chi connectivity index (χ0n) is 13.1. The first kappa shape index (κ1) is 17.9. The molecule has 0 saturated carbocycles. The van der Waals surface area contributed by atoms with Crippen LogP contribution in [0.5, 0.6) is 0 Å². The highest BCUT2D eigenvalue weighted by atomic mass is 35.5. The number of benzene rings is 1. The largest absolute Gasteiger partial charge is 0.352 e. The van der Waals surface area contributed by atoms with Gasteiger partial charge in [0.25, 0.3) is 5.91 Å². The number of rotatable bonds is 4. The van der Waals surface area contributed by atoms with Gasteiger partial charge in [-0.1, -0.05) is 23.2 Å². The molecule has 1 aromatic carbocycles. The summed E-state index contributed by atoms with van der Waals surface area (Å²) in [5.41, 5.74) is 0.411. The molecular formula is C16H19Cl2N3O2S. The summed E-state index contributed by atoms with van der Waals surface area (Å²) < 4.78 is 0. The highest BCUT2D eigenvalue weighted by molar-refractivity contribution is 7.99. The molecule has 2 saturated heterocycles. The number of amides is 2. The van der Waals surface area contributed by atoms with Gasteiger partial charge in [-0.25, -0.2) is 0 Å². The Hall–Kier alpha value is -0.950. The van der Waals surface area contributed by atoms with Crippen LogP contribution in [0.25, 0.3) is 0 Å². The van der Waals surface area contributed by atoms with Crippen molar-refractivity contribution in [2.45, 2.75) is 12.5 Å². The molecule has 2 unspecified atom stereocenters. The SMILES string of the molecule is O=C(NCC1CNC(C(=O)N2CCSC2)C1)c1ccc(Cl)cc1Cl. The first-order valence-corrected chi connectivity index (χ1v) is 9.79. The summed E-state index contributed by atoms with van der Waals surface area (Å²) in [4.78, 5) is 26.5. The second-order valence-electron chi connectivity index (χ2n) is 6.04. The van der Waals surface area contributed by atoms with E-state index in [0.717, 1.165) is 31.1 Å². The highest BCUT2D eigenvalue weighted by Crippen LogP contribution is 2.22. The molecule has 0 aliphatic carbocycles. The van der Waals surface area contributed by atoms with E-state index in [1.54, 1.807) is 30.0 Å². The lowest BCUT2D eigenvalue weighted by Crippen LogP contribution is -2.42. The van der Waals surface area contributed by atoms with Crippen LogP contribution < -0.4 is 10.6 Å². The molecule has 2 N–H and O–H groups in total. The number of carbonyl (C=O) groups excluding carboxylic acids is 2. The van der Waals surface area contributed by atoms with Gasteiger partial charge in [-0.3, -0.25) is 9.59 Å². The summed E-state index contributed by atoms with van der Waals surface area (Å²) in [6.07, 6.45) is 0.745. The minimum atomic E-state index is -0.220. The van der Waals surface area contributed by atoms with Gasteiger partial charge in [0, 0.05) is 30.4 Å². The van der Waals surface area contributed by atoms with Crippen molar-refractivity contribution >= 4 is 46.8 Å². The molecule has 2 aliphatic heterocycles. The third kappa shape index (κ3) is 4.17. The van der Waals surface area contributed by atoms with Crippen LogP contribution >= 0.6 is 35.0 Å². The van der Waals surface area contributed by atoms with Crippen LogP contribution in [0, 0.1) is 5.92 Å². The van der Waals surface area contributed by atoms with Crippen molar-refractivity contribution in [2.24, 2.45) is 5.92 Å². The van der Waals surface area contributed by atoms with Gasteiger partial charge in [0.1, 0.15) is 0 Å². The van der Waals surface area contributed by atoms with Crippen molar-refractivity contribution in [1.29, 1.82) is 0 Å². The molecule has 3 rings (SSSR count). The van der Waals surface area contributed by atoms with E-state index >= 15 is 0 Å². The second-order valence-corrected chi connectivity index (χ2v) is 7.95. The van der Waals surface area contributed by atoms with E-state index in [9.17, 15) is 9.59 Å². The van der Waals surface area contributed by atoms with Crippen molar-refractivity contribution in [3.8, 4) is 0 Å². The Morgan fingerprint density at radius 3 is 2.92 bits per heavy atom. The molecule has 0 aromatic heterocycles. The van der Waals surface area contributed by atoms with Crippen LogP contribution in [0.1, 0.15) is 16.8 Å². The summed E-state index contributed by atoms with van der Waals surface area (Å²) in [6.45, 7) is 2.08. The number of thioether (sulfide) groups is 1. The fraction of sp³-hybridized carbons (Fsp3) is 0.500. The molecule has 5 nitrogen and oxygen atoms in total. The Morgan fingerprint density at radius 1 is 1.38 bits per heavy atom.